The first-order valence-corrected chi connectivity index (χ1v) is 10.6. The minimum absolute atomic E-state index is 0.00328. The molecule has 0 aliphatic carbocycles. The van der Waals surface area contributed by atoms with Crippen molar-refractivity contribution in [3.05, 3.63) is 28.3 Å². The molecule has 0 spiro atoms. The van der Waals surface area contributed by atoms with Crippen molar-refractivity contribution in [1.29, 1.82) is 0 Å². The fraction of sp³-hybridized carbons (Fsp3) is 0.600. The summed E-state index contributed by atoms with van der Waals surface area (Å²) in [6, 6.07) is 3.85. The molecule has 0 bridgehead atoms. The fourth-order valence-corrected chi connectivity index (χ4v) is 4.39. The lowest BCUT2D eigenvalue weighted by molar-refractivity contribution is 0.0258. The summed E-state index contributed by atoms with van der Waals surface area (Å²) in [6.45, 7) is 12.0. The van der Waals surface area contributed by atoms with E-state index in [0.717, 1.165) is 22.4 Å². The molecule has 7 heteroatoms. The predicted molar refractivity (Wildman–Crippen MR) is 111 cm³/mol. The standard InChI is InChI=1S/C20H29ClN2O3S/c1-6-22(7-2)19(25)27-17-15-11-13-23(18(24)26-20(3,4)5)12-10-14(15)8-9-16(17)21/h8-9H,6-7,10-13H2,1-5H3. The van der Waals surface area contributed by atoms with Gasteiger partial charge in [0.05, 0.1) is 5.02 Å². The number of carbonyl (C=O) groups is 2. The van der Waals surface area contributed by atoms with Crippen LogP contribution in [0.3, 0.4) is 0 Å². The van der Waals surface area contributed by atoms with Gasteiger partial charge in [0.25, 0.3) is 5.24 Å². The van der Waals surface area contributed by atoms with Crippen LogP contribution in [0.25, 0.3) is 0 Å². The molecule has 1 aromatic carbocycles. The Kier molecular flexibility index (Phi) is 7.46. The molecule has 0 N–H and O–H groups in total. The number of benzene rings is 1. The number of ether oxygens (including phenoxy) is 1. The Labute approximate surface area is 171 Å². The quantitative estimate of drug-likeness (QED) is 0.638. The number of hydrogen-bond donors (Lipinski definition) is 0. The lowest BCUT2D eigenvalue weighted by Gasteiger charge is -2.26. The van der Waals surface area contributed by atoms with Crippen LogP contribution in [-0.4, -0.2) is 52.9 Å². The third-order valence-corrected chi connectivity index (χ3v) is 5.99. The summed E-state index contributed by atoms with van der Waals surface area (Å²) in [6.07, 6.45) is 1.08. The normalized spacial score (nSPS) is 14.4. The monoisotopic (exact) mass is 412 g/mol. The highest BCUT2D eigenvalue weighted by Crippen LogP contribution is 2.36. The summed E-state index contributed by atoms with van der Waals surface area (Å²) in [5.74, 6) is 0. The Balaban J connectivity index is 2.20. The Morgan fingerprint density at radius 2 is 1.81 bits per heavy atom. The smallest absolute Gasteiger partial charge is 0.410 e. The van der Waals surface area contributed by atoms with Crippen LogP contribution in [0.4, 0.5) is 9.59 Å². The van der Waals surface area contributed by atoms with E-state index < -0.39 is 5.60 Å². The van der Waals surface area contributed by atoms with Gasteiger partial charge in [0.15, 0.2) is 0 Å². The van der Waals surface area contributed by atoms with Gasteiger partial charge in [-0.15, -0.1) is 0 Å². The van der Waals surface area contributed by atoms with E-state index in [-0.39, 0.29) is 11.3 Å². The number of hydrogen-bond acceptors (Lipinski definition) is 4. The molecule has 1 heterocycles. The van der Waals surface area contributed by atoms with Crippen LogP contribution >= 0.6 is 23.4 Å². The maximum atomic E-state index is 12.6. The average Bonchev–Trinajstić information content (AvgIpc) is 2.80. The summed E-state index contributed by atoms with van der Waals surface area (Å²) in [5.41, 5.74) is 1.69. The molecule has 0 saturated heterocycles. The highest BCUT2D eigenvalue weighted by molar-refractivity contribution is 8.13. The number of halogens is 1. The number of nitrogens with zero attached hydrogens (tertiary/aromatic N) is 2. The van der Waals surface area contributed by atoms with Crippen molar-refractivity contribution in [1.82, 2.24) is 9.80 Å². The number of amides is 2. The molecule has 150 valence electrons. The molecule has 5 nitrogen and oxygen atoms in total. The molecule has 0 aromatic heterocycles. The Hall–Kier alpha value is -1.40. The summed E-state index contributed by atoms with van der Waals surface area (Å²) in [5, 5.41) is 0.591. The Morgan fingerprint density at radius 1 is 1.19 bits per heavy atom. The minimum Gasteiger partial charge on any atom is -0.444 e. The number of thioether (sulfide) groups is 1. The van der Waals surface area contributed by atoms with Gasteiger partial charge < -0.3 is 14.5 Å². The maximum absolute atomic E-state index is 12.6. The predicted octanol–water partition coefficient (Wildman–Crippen LogP) is 5.23. The van der Waals surface area contributed by atoms with Gasteiger partial charge in [-0.3, -0.25) is 4.79 Å². The summed E-state index contributed by atoms with van der Waals surface area (Å²) >= 11 is 7.63. The van der Waals surface area contributed by atoms with Gasteiger partial charge in [-0.05, 0) is 76.4 Å². The summed E-state index contributed by atoms with van der Waals surface area (Å²) in [4.78, 5) is 29.3. The fourth-order valence-electron chi connectivity index (χ4n) is 3.02. The van der Waals surface area contributed by atoms with Crippen LogP contribution in [0, 0.1) is 0 Å². The van der Waals surface area contributed by atoms with Crippen molar-refractivity contribution in [3.63, 3.8) is 0 Å². The van der Waals surface area contributed by atoms with E-state index in [1.807, 2.05) is 46.8 Å². The zero-order valence-electron chi connectivity index (χ0n) is 16.8. The van der Waals surface area contributed by atoms with Gasteiger partial charge in [0.2, 0.25) is 0 Å². The maximum Gasteiger partial charge on any atom is 0.410 e. The summed E-state index contributed by atoms with van der Waals surface area (Å²) < 4.78 is 5.51. The van der Waals surface area contributed by atoms with Crippen LogP contribution in [0.5, 0.6) is 0 Å². The lowest BCUT2D eigenvalue weighted by atomic mass is 10.0. The molecule has 0 unspecified atom stereocenters. The van der Waals surface area contributed by atoms with Gasteiger partial charge in [-0.2, -0.15) is 0 Å². The second-order valence-corrected chi connectivity index (χ2v) is 8.89. The van der Waals surface area contributed by atoms with E-state index in [4.69, 9.17) is 16.3 Å². The van der Waals surface area contributed by atoms with E-state index in [1.165, 1.54) is 11.8 Å². The third kappa shape index (κ3) is 5.79. The van der Waals surface area contributed by atoms with Gasteiger partial charge >= 0.3 is 6.09 Å². The van der Waals surface area contributed by atoms with Crippen molar-refractivity contribution in [2.75, 3.05) is 26.2 Å². The first-order valence-electron chi connectivity index (χ1n) is 9.41. The zero-order valence-corrected chi connectivity index (χ0v) is 18.4. The first-order chi connectivity index (χ1) is 12.7. The molecule has 2 amide bonds. The minimum atomic E-state index is -0.517. The Morgan fingerprint density at radius 3 is 2.41 bits per heavy atom. The molecule has 0 fully saturated rings. The average molecular weight is 413 g/mol. The molecule has 0 saturated carbocycles. The van der Waals surface area contributed by atoms with E-state index in [9.17, 15) is 9.59 Å². The van der Waals surface area contributed by atoms with Crippen LogP contribution in [-0.2, 0) is 17.6 Å². The highest BCUT2D eigenvalue weighted by Gasteiger charge is 2.26. The molecular formula is C20H29ClN2O3S. The Bertz CT molecular complexity index is 699. The summed E-state index contributed by atoms with van der Waals surface area (Å²) in [7, 11) is 0. The zero-order chi connectivity index (χ0) is 20.2. The van der Waals surface area contributed by atoms with Crippen LogP contribution in [0.15, 0.2) is 17.0 Å². The number of carbonyl (C=O) groups excluding carboxylic acids is 2. The molecular weight excluding hydrogens is 384 g/mol. The number of fused-ring (bicyclic) bond motifs is 1. The van der Waals surface area contributed by atoms with Crippen molar-refractivity contribution < 1.29 is 14.3 Å². The number of rotatable bonds is 3. The van der Waals surface area contributed by atoms with E-state index in [0.29, 0.717) is 37.6 Å². The van der Waals surface area contributed by atoms with Gasteiger partial charge in [0.1, 0.15) is 5.60 Å². The second kappa shape index (κ2) is 9.20. The van der Waals surface area contributed by atoms with Crippen LogP contribution in [0.2, 0.25) is 5.02 Å². The molecule has 1 aliphatic heterocycles. The van der Waals surface area contributed by atoms with E-state index >= 15 is 0 Å². The lowest BCUT2D eigenvalue weighted by Crippen LogP contribution is -2.38. The molecule has 27 heavy (non-hydrogen) atoms. The van der Waals surface area contributed by atoms with Crippen molar-refractivity contribution in [3.8, 4) is 0 Å². The van der Waals surface area contributed by atoms with Crippen LogP contribution in [0.1, 0.15) is 45.7 Å². The first kappa shape index (κ1) is 21.9. The molecule has 0 atom stereocenters. The molecule has 0 radical (unpaired) electrons. The SMILES string of the molecule is CCN(CC)C(=O)Sc1c(Cl)ccc2c1CCN(C(=O)OC(C)(C)C)CC2. The largest absolute Gasteiger partial charge is 0.444 e. The van der Waals surface area contributed by atoms with Crippen LogP contribution < -0.4 is 0 Å². The highest BCUT2D eigenvalue weighted by atomic mass is 35.5. The second-order valence-electron chi connectivity index (χ2n) is 7.52. The van der Waals surface area contributed by atoms with Gasteiger partial charge in [0, 0.05) is 31.1 Å². The van der Waals surface area contributed by atoms with Gasteiger partial charge in [-0.25, -0.2) is 4.79 Å². The van der Waals surface area contributed by atoms with Gasteiger partial charge in [-0.1, -0.05) is 17.7 Å². The third-order valence-electron chi connectivity index (χ3n) is 4.45. The van der Waals surface area contributed by atoms with E-state index in [2.05, 4.69) is 0 Å². The van der Waals surface area contributed by atoms with Crippen molar-refractivity contribution >= 4 is 34.7 Å². The molecule has 2 rings (SSSR count). The van der Waals surface area contributed by atoms with E-state index in [1.54, 1.807) is 9.80 Å². The van der Waals surface area contributed by atoms with Crippen molar-refractivity contribution in [2.45, 2.75) is 58.0 Å². The molecule has 1 aliphatic rings. The topological polar surface area (TPSA) is 49.9 Å². The molecule has 1 aromatic rings. The van der Waals surface area contributed by atoms with Crippen molar-refractivity contribution in [2.24, 2.45) is 0 Å².